The molecule has 0 aliphatic rings. The highest BCUT2D eigenvalue weighted by molar-refractivity contribution is 9.10. The predicted octanol–water partition coefficient (Wildman–Crippen LogP) is 1.99. The number of aromatic carboxylic acids is 1. The lowest BCUT2D eigenvalue weighted by atomic mass is 10.2. The third-order valence-corrected chi connectivity index (χ3v) is 1.96. The van der Waals surface area contributed by atoms with E-state index in [1.165, 1.54) is 13.1 Å². The van der Waals surface area contributed by atoms with Gasteiger partial charge in [-0.3, -0.25) is 4.98 Å². The second-order valence-corrected chi connectivity index (χ2v) is 3.04. The highest BCUT2D eigenvalue weighted by Gasteiger charge is 2.16. The van der Waals surface area contributed by atoms with Gasteiger partial charge in [0.05, 0.1) is 10.2 Å². The summed E-state index contributed by atoms with van der Waals surface area (Å²) in [5, 5.41) is 8.57. The number of carboxylic acid groups (broad SMARTS) is 1. The van der Waals surface area contributed by atoms with Gasteiger partial charge in [0.15, 0.2) is 5.82 Å². The topological polar surface area (TPSA) is 50.2 Å². The van der Waals surface area contributed by atoms with E-state index in [9.17, 15) is 9.18 Å². The van der Waals surface area contributed by atoms with E-state index < -0.39 is 11.8 Å². The average molecular weight is 234 g/mol. The number of hydrogen-bond donors (Lipinski definition) is 1. The maximum Gasteiger partial charge on any atom is 0.339 e. The molecule has 0 saturated carbocycles. The van der Waals surface area contributed by atoms with Crippen molar-refractivity contribution in [3.63, 3.8) is 0 Å². The van der Waals surface area contributed by atoms with Gasteiger partial charge >= 0.3 is 5.97 Å². The van der Waals surface area contributed by atoms with Gasteiger partial charge in [-0.1, -0.05) is 0 Å². The molecule has 0 unspecified atom stereocenters. The second-order valence-electron chi connectivity index (χ2n) is 2.19. The normalized spacial score (nSPS) is 9.92. The summed E-state index contributed by atoms with van der Waals surface area (Å²) in [7, 11) is 0. The van der Waals surface area contributed by atoms with Gasteiger partial charge in [-0.15, -0.1) is 0 Å². The molecular weight excluding hydrogens is 229 g/mol. The number of pyridine rings is 1. The highest BCUT2D eigenvalue weighted by atomic mass is 79.9. The Kier molecular flexibility index (Phi) is 2.42. The summed E-state index contributed by atoms with van der Waals surface area (Å²) in [5.41, 5.74) is -0.293. The summed E-state index contributed by atoms with van der Waals surface area (Å²) >= 11 is 2.90. The van der Waals surface area contributed by atoms with Crippen molar-refractivity contribution >= 4 is 21.9 Å². The Balaban J connectivity index is 3.43. The first-order valence-electron chi connectivity index (χ1n) is 3.08. The molecule has 0 saturated heterocycles. The number of nitrogens with zero attached hydrogens (tertiary/aromatic N) is 1. The number of rotatable bonds is 1. The maximum absolute atomic E-state index is 13.0. The standard InChI is InChI=1S/C7H5BrFNO2/c1-3-6(9)5(7(11)12)4(8)2-10-3/h2H,1H3,(H,11,12). The van der Waals surface area contributed by atoms with Crippen LogP contribution in [0.4, 0.5) is 4.39 Å². The van der Waals surface area contributed by atoms with Crippen molar-refractivity contribution in [1.82, 2.24) is 4.98 Å². The van der Waals surface area contributed by atoms with Crippen LogP contribution in [0.1, 0.15) is 16.1 Å². The lowest BCUT2D eigenvalue weighted by Crippen LogP contribution is -2.04. The molecule has 1 N–H and O–H groups in total. The fourth-order valence-electron chi connectivity index (χ4n) is 0.756. The molecule has 0 bridgehead atoms. The molecule has 1 heterocycles. The van der Waals surface area contributed by atoms with Crippen LogP contribution in [0, 0.1) is 12.7 Å². The molecule has 0 aliphatic heterocycles. The minimum Gasteiger partial charge on any atom is -0.478 e. The summed E-state index contributed by atoms with van der Waals surface area (Å²) in [6.07, 6.45) is 1.27. The molecule has 5 heteroatoms. The number of carbonyl (C=O) groups is 1. The van der Waals surface area contributed by atoms with Gasteiger partial charge in [0.2, 0.25) is 0 Å². The van der Waals surface area contributed by atoms with E-state index in [4.69, 9.17) is 5.11 Å². The van der Waals surface area contributed by atoms with E-state index in [1.807, 2.05) is 0 Å². The maximum atomic E-state index is 13.0. The molecule has 0 spiro atoms. The van der Waals surface area contributed by atoms with Crippen LogP contribution in [0.2, 0.25) is 0 Å². The van der Waals surface area contributed by atoms with E-state index >= 15 is 0 Å². The molecule has 0 aromatic carbocycles. The minimum absolute atomic E-state index is 0.0793. The van der Waals surface area contributed by atoms with Crippen molar-refractivity contribution < 1.29 is 14.3 Å². The molecule has 0 fully saturated rings. The molecule has 12 heavy (non-hydrogen) atoms. The van der Waals surface area contributed by atoms with E-state index in [1.54, 1.807) is 0 Å². The Morgan fingerprint density at radius 3 is 2.75 bits per heavy atom. The smallest absolute Gasteiger partial charge is 0.339 e. The zero-order valence-electron chi connectivity index (χ0n) is 6.14. The number of aromatic nitrogens is 1. The Hall–Kier alpha value is -0.970. The van der Waals surface area contributed by atoms with Gasteiger partial charge < -0.3 is 5.11 Å². The lowest BCUT2D eigenvalue weighted by molar-refractivity contribution is 0.0690. The SMILES string of the molecule is Cc1ncc(Br)c(C(=O)O)c1F. The summed E-state index contributed by atoms with van der Waals surface area (Å²) in [4.78, 5) is 14.1. The zero-order valence-corrected chi connectivity index (χ0v) is 7.72. The minimum atomic E-state index is -1.30. The van der Waals surface area contributed by atoms with Crippen LogP contribution in [0.15, 0.2) is 10.7 Å². The quantitative estimate of drug-likeness (QED) is 0.808. The summed E-state index contributed by atoms with van der Waals surface area (Å²) < 4.78 is 13.2. The molecule has 64 valence electrons. The number of hydrogen-bond acceptors (Lipinski definition) is 2. The van der Waals surface area contributed by atoms with Crippen molar-refractivity contribution in [2.75, 3.05) is 0 Å². The van der Waals surface area contributed by atoms with Crippen LogP contribution in [0.3, 0.4) is 0 Å². The average Bonchev–Trinajstić information content (AvgIpc) is 1.97. The van der Waals surface area contributed by atoms with Crippen LogP contribution in [-0.2, 0) is 0 Å². The molecule has 1 aromatic rings. The van der Waals surface area contributed by atoms with Gasteiger partial charge in [0, 0.05) is 6.20 Å². The van der Waals surface area contributed by atoms with Crippen LogP contribution in [0.25, 0.3) is 0 Å². The zero-order chi connectivity index (χ0) is 9.30. The van der Waals surface area contributed by atoms with Crippen molar-refractivity contribution in [2.24, 2.45) is 0 Å². The van der Waals surface area contributed by atoms with Crippen LogP contribution >= 0.6 is 15.9 Å². The Bertz CT molecular complexity index is 340. The fourth-order valence-corrected chi connectivity index (χ4v) is 1.20. The summed E-state index contributed by atoms with van der Waals surface area (Å²) in [5.74, 6) is -2.10. The van der Waals surface area contributed by atoms with Crippen LogP contribution in [0.5, 0.6) is 0 Å². The highest BCUT2D eigenvalue weighted by Crippen LogP contribution is 2.20. The van der Waals surface area contributed by atoms with Gasteiger partial charge in [-0.25, -0.2) is 9.18 Å². The third kappa shape index (κ3) is 1.45. The molecule has 0 atom stereocenters. The summed E-state index contributed by atoms with van der Waals surface area (Å²) in [6, 6.07) is 0. The number of carboxylic acids is 1. The molecule has 3 nitrogen and oxygen atoms in total. The first-order valence-corrected chi connectivity index (χ1v) is 3.87. The van der Waals surface area contributed by atoms with Crippen LogP contribution in [-0.4, -0.2) is 16.1 Å². The number of halogens is 2. The molecule has 1 aromatic heterocycles. The first-order chi connectivity index (χ1) is 5.54. The predicted molar refractivity (Wildman–Crippen MR) is 43.6 cm³/mol. The number of aryl methyl sites for hydroxylation is 1. The van der Waals surface area contributed by atoms with E-state index in [-0.39, 0.29) is 15.7 Å². The van der Waals surface area contributed by atoms with Crippen molar-refractivity contribution in [3.8, 4) is 0 Å². The fraction of sp³-hybridized carbons (Fsp3) is 0.143. The molecule has 0 amide bonds. The Labute approximate surface area is 76.4 Å². The summed E-state index contributed by atoms with van der Waals surface area (Å²) in [6.45, 7) is 1.41. The van der Waals surface area contributed by atoms with Crippen molar-refractivity contribution in [3.05, 3.63) is 27.7 Å². The first kappa shape index (κ1) is 9.12. The van der Waals surface area contributed by atoms with Gasteiger partial charge in [0.25, 0.3) is 0 Å². The van der Waals surface area contributed by atoms with Gasteiger partial charge in [0.1, 0.15) is 5.56 Å². The molecule has 0 aliphatic carbocycles. The second kappa shape index (κ2) is 3.18. The molecule has 0 radical (unpaired) electrons. The van der Waals surface area contributed by atoms with Crippen molar-refractivity contribution in [1.29, 1.82) is 0 Å². The molecule has 1 rings (SSSR count). The van der Waals surface area contributed by atoms with E-state index in [0.717, 1.165) is 0 Å². The van der Waals surface area contributed by atoms with Crippen LogP contribution < -0.4 is 0 Å². The Morgan fingerprint density at radius 2 is 2.33 bits per heavy atom. The Morgan fingerprint density at radius 1 is 1.75 bits per heavy atom. The van der Waals surface area contributed by atoms with Gasteiger partial charge in [-0.05, 0) is 22.9 Å². The molecular formula is C7H5BrFNO2. The van der Waals surface area contributed by atoms with Crippen molar-refractivity contribution in [2.45, 2.75) is 6.92 Å². The van der Waals surface area contributed by atoms with E-state index in [2.05, 4.69) is 20.9 Å². The van der Waals surface area contributed by atoms with Gasteiger partial charge in [-0.2, -0.15) is 0 Å². The monoisotopic (exact) mass is 233 g/mol. The third-order valence-electron chi connectivity index (χ3n) is 1.36. The largest absolute Gasteiger partial charge is 0.478 e. The lowest BCUT2D eigenvalue weighted by Gasteiger charge is -2.01. The van der Waals surface area contributed by atoms with E-state index in [0.29, 0.717) is 0 Å².